The van der Waals surface area contributed by atoms with Gasteiger partial charge in [0.15, 0.2) is 0 Å². The minimum absolute atomic E-state index is 0.406. The van der Waals surface area contributed by atoms with E-state index < -0.39 is 10.0 Å². The zero-order chi connectivity index (χ0) is 15.5. The third kappa shape index (κ3) is 3.96. The van der Waals surface area contributed by atoms with Crippen LogP contribution in [0.2, 0.25) is 0 Å². The Morgan fingerprint density at radius 1 is 1.38 bits per heavy atom. The van der Waals surface area contributed by atoms with Crippen molar-refractivity contribution in [1.82, 2.24) is 9.62 Å². The number of hydrogen-bond acceptors (Lipinski definition) is 4. The van der Waals surface area contributed by atoms with E-state index in [-0.39, 0.29) is 0 Å². The number of nitrogens with zero attached hydrogens (tertiary/aromatic N) is 1. The molecular weight excluding hydrogens is 286 g/mol. The van der Waals surface area contributed by atoms with E-state index in [1.54, 1.807) is 12.1 Å². The van der Waals surface area contributed by atoms with E-state index in [4.69, 9.17) is 0 Å². The van der Waals surface area contributed by atoms with Gasteiger partial charge in [0.1, 0.15) is 0 Å². The molecule has 1 aromatic rings. The normalized spacial score (nSPS) is 15.1. The minimum atomic E-state index is -3.44. The van der Waals surface area contributed by atoms with Crippen molar-refractivity contribution in [3.05, 3.63) is 23.8 Å². The van der Waals surface area contributed by atoms with E-state index in [1.165, 1.54) is 0 Å². The predicted molar refractivity (Wildman–Crippen MR) is 86.2 cm³/mol. The molecule has 1 aliphatic rings. The van der Waals surface area contributed by atoms with E-state index in [0.29, 0.717) is 24.0 Å². The van der Waals surface area contributed by atoms with Crippen molar-refractivity contribution < 1.29 is 8.42 Å². The van der Waals surface area contributed by atoms with Gasteiger partial charge in [-0.25, -0.2) is 13.1 Å². The van der Waals surface area contributed by atoms with Gasteiger partial charge in [0.05, 0.1) is 4.90 Å². The fourth-order valence-corrected chi connectivity index (χ4v) is 3.73. The summed E-state index contributed by atoms with van der Waals surface area (Å²) in [5, 5.41) is 3.26. The van der Waals surface area contributed by atoms with Gasteiger partial charge in [-0.1, -0.05) is 6.07 Å². The number of likely N-dealkylation sites (N-methyl/N-ethyl adjacent to an activating group) is 1. The van der Waals surface area contributed by atoms with Crippen LogP contribution in [0, 0.1) is 0 Å². The summed E-state index contributed by atoms with van der Waals surface area (Å²) in [5.41, 5.74) is 1.86. The Morgan fingerprint density at radius 3 is 2.86 bits per heavy atom. The third-order valence-electron chi connectivity index (χ3n) is 3.98. The van der Waals surface area contributed by atoms with Crippen LogP contribution >= 0.6 is 0 Å². The Hall–Kier alpha value is -1.11. The van der Waals surface area contributed by atoms with Gasteiger partial charge in [-0.3, -0.25) is 0 Å². The van der Waals surface area contributed by atoms with E-state index >= 15 is 0 Å². The number of fused-ring (bicyclic) bond motifs is 1. The van der Waals surface area contributed by atoms with Crippen LogP contribution in [0.4, 0.5) is 5.69 Å². The van der Waals surface area contributed by atoms with Crippen LogP contribution in [0.25, 0.3) is 0 Å². The molecule has 0 fully saturated rings. The van der Waals surface area contributed by atoms with Crippen LogP contribution in [-0.2, 0) is 16.4 Å². The molecule has 0 amide bonds. The molecule has 0 saturated heterocycles. The van der Waals surface area contributed by atoms with Crippen LogP contribution in [0.15, 0.2) is 23.1 Å². The summed E-state index contributed by atoms with van der Waals surface area (Å²) in [5.74, 6) is 0. The van der Waals surface area contributed by atoms with Crippen molar-refractivity contribution in [1.29, 1.82) is 0 Å². The molecule has 6 heteroatoms. The number of benzene rings is 1. The maximum absolute atomic E-state index is 12.5. The molecule has 0 aromatic heterocycles. The van der Waals surface area contributed by atoms with E-state index in [2.05, 4.69) is 28.8 Å². The Kier molecular flexibility index (Phi) is 5.24. The zero-order valence-electron chi connectivity index (χ0n) is 13.0. The first-order valence-corrected chi connectivity index (χ1v) is 8.96. The van der Waals surface area contributed by atoms with E-state index in [9.17, 15) is 8.42 Å². The van der Waals surface area contributed by atoms with Crippen molar-refractivity contribution >= 4 is 15.7 Å². The third-order valence-corrected chi connectivity index (χ3v) is 5.53. The zero-order valence-corrected chi connectivity index (χ0v) is 13.8. The van der Waals surface area contributed by atoms with Gasteiger partial charge < -0.3 is 10.2 Å². The molecule has 2 rings (SSSR count). The number of rotatable bonds is 6. The van der Waals surface area contributed by atoms with E-state index in [0.717, 1.165) is 30.6 Å². The fraction of sp³-hybridized carbons (Fsp3) is 0.600. The van der Waals surface area contributed by atoms with Gasteiger partial charge in [-0.05, 0) is 51.4 Å². The number of sulfonamides is 1. The Bertz CT molecular complexity index is 585. The second kappa shape index (κ2) is 6.77. The fourth-order valence-electron chi connectivity index (χ4n) is 2.42. The smallest absolute Gasteiger partial charge is 0.240 e. The lowest BCUT2D eigenvalue weighted by Crippen LogP contribution is -2.36. The summed E-state index contributed by atoms with van der Waals surface area (Å²) < 4.78 is 27.7. The Balaban J connectivity index is 2.10. The first-order valence-electron chi connectivity index (χ1n) is 7.47. The van der Waals surface area contributed by atoms with Crippen LogP contribution < -0.4 is 10.0 Å². The lowest BCUT2D eigenvalue weighted by molar-refractivity contribution is 0.278. The largest absolute Gasteiger partial charge is 0.385 e. The predicted octanol–water partition coefficient (Wildman–Crippen LogP) is 1.66. The quantitative estimate of drug-likeness (QED) is 0.839. The highest BCUT2D eigenvalue weighted by atomic mass is 32.2. The van der Waals surface area contributed by atoms with Crippen LogP contribution in [0.1, 0.15) is 25.8 Å². The summed E-state index contributed by atoms with van der Waals surface area (Å²) >= 11 is 0. The summed E-state index contributed by atoms with van der Waals surface area (Å²) in [4.78, 5) is 2.53. The molecule has 0 atom stereocenters. The molecule has 0 radical (unpaired) electrons. The minimum Gasteiger partial charge on any atom is -0.385 e. The molecular formula is C15H25N3O2S. The standard InChI is InChI=1S/C15H25N3O2S/c1-12(2)18(3)11-10-17-21(19,20)15-8-4-7-14-13(15)6-5-9-16-14/h4,7-8,12,16-17H,5-6,9-11H2,1-3H3. The molecule has 0 unspecified atom stereocenters. The molecule has 0 saturated carbocycles. The van der Waals surface area contributed by atoms with Gasteiger partial charge in [0.2, 0.25) is 10.0 Å². The lowest BCUT2D eigenvalue weighted by atomic mass is 10.0. The maximum Gasteiger partial charge on any atom is 0.240 e. The monoisotopic (exact) mass is 311 g/mol. The second-order valence-electron chi connectivity index (χ2n) is 5.78. The van der Waals surface area contributed by atoms with Crippen LogP contribution in [0.3, 0.4) is 0 Å². The first kappa shape index (κ1) is 16.3. The molecule has 1 heterocycles. The molecule has 1 aliphatic heterocycles. The van der Waals surface area contributed by atoms with Gasteiger partial charge in [0, 0.05) is 31.4 Å². The SMILES string of the molecule is CC(C)N(C)CCNS(=O)(=O)c1cccc2c1CCCN2. The first-order chi connectivity index (χ1) is 9.92. The topological polar surface area (TPSA) is 61.4 Å². The number of anilines is 1. The molecule has 0 bridgehead atoms. The molecule has 118 valence electrons. The second-order valence-corrected chi connectivity index (χ2v) is 7.52. The maximum atomic E-state index is 12.5. The molecule has 1 aromatic carbocycles. The van der Waals surface area contributed by atoms with Crippen LogP contribution in [0.5, 0.6) is 0 Å². The van der Waals surface area contributed by atoms with Gasteiger partial charge >= 0.3 is 0 Å². The van der Waals surface area contributed by atoms with Gasteiger partial charge in [0.25, 0.3) is 0 Å². The highest BCUT2D eigenvalue weighted by Gasteiger charge is 2.22. The summed E-state index contributed by atoms with van der Waals surface area (Å²) in [6, 6.07) is 5.84. The van der Waals surface area contributed by atoms with Crippen LogP contribution in [-0.4, -0.2) is 46.0 Å². The Morgan fingerprint density at radius 2 is 2.14 bits per heavy atom. The average Bonchev–Trinajstić information content (AvgIpc) is 2.46. The highest BCUT2D eigenvalue weighted by Crippen LogP contribution is 2.28. The van der Waals surface area contributed by atoms with Crippen molar-refractivity contribution in [2.75, 3.05) is 32.0 Å². The van der Waals surface area contributed by atoms with Crippen molar-refractivity contribution in [3.8, 4) is 0 Å². The Labute approximate surface area is 127 Å². The molecule has 0 spiro atoms. The van der Waals surface area contributed by atoms with Gasteiger partial charge in [-0.15, -0.1) is 0 Å². The molecule has 21 heavy (non-hydrogen) atoms. The average molecular weight is 311 g/mol. The number of nitrogens with one attached hydrogen (secondary N) is 2. The molecule has 5 nitrogen and oxygen atoms in total. The van der Waals surface area contributed by atoms with Crippen molar-refractivity contribution in [2.24, 2.45) is 0 Å². The van der Waals surface area contributed by atoms with E-state index in [1.807, 2.05) is 13.1 Å². The molecule has 2 N–H and O–H groups in total. The molecule has 0 aliphatic carbocycles. The summed E-state index contributed by atoms with van der Waals surface area (Å²) in [6.07, 6.45) is 1.78. The highest BCUT2D eigenvalue weighted by molar-refractivity contribution is 7.89. The number of hydrogen-bond donors (Lipinski definition) is 2. The summed E-state index contributed by atoms with van der Waals surface area (Å²) in [7, 11) is -1.45. The summed E-state index contributed by atoms with van der Waals surface area (Å²) in [6.45, 7) is 6.21. The lowest BCUT2D eigenvalue weighted by Gasteiger charge is -2.22. The van der Waals surface area contributed by atoms with Crippen molar-refractivity contribution in [2.45, 2.75) is 37.6 Å². The van der Waals surface area contributed by atoms with Crippen molar-refractivity contribution in [3.63, 3.8) is 0 Å². The van der Waals surface area contributed by atoms with Gasteiger partial charge in [-0.2, -0.15) is 0 Å².